The summed E-state index contributed by atoms with van der Waals surface area (Å²) in [4.78, 5) is 34.3. The molecule has 0 aliphatic heterocycles. The highest BCUT2D eigenvalue weighted by Crippen LogP contribution is 2.30. The Hall–Kier alpha value is -5.16. The maximum atomic E-state index is 14.7. The zero-order chi connectivity index (χ0) is 28.2. The lowest BCUT2D eigenvalue weighted by atomic mass is 10.1. The van der Waals surface area contributed by atoms with Crippen LogP contribution in [0.2, 0.25) is 5.02 Å². The van der Waals surface area contributed by atoms with Crippen molar-refractivity contribution in [2.75, 3.05) is 11.1 Å². The van der Waals surface area contributed by atoms with Gasteiger partial charge in [-0.05, 0) is 48.5 Å². The van der Waals surface area contributed by atoms with E-state index in [9.17, 15) is 18.4 Å². The monoisotopic (exact) mass is 559 g/mol. The first-order valence-corrected chi connectivity index (χ1v) is 12.2. The fourth-order valence-corrected chi connectivity index (χ4v) is 4.11. The molecule has 5 aromatic rings. The second kappa shape index (κ2) is 11.3. The number of aromatic nitrogens is 4. The first-order valence-electron chi connectivity index (χ1n) is 11.9. The van der Waals surface area contributed by atoms with E-state index in [2.05, 4.69) is 25.7 Å². The smallest absolute Gasteiger partial charge is 0.272 e. The van der Waals surface area contributed by atoms with E-state index in [1.165, 1.54) is 23.0 Å². The maximum absolute atomic E-state index is 14.7. The van der Waals surface area contributed by atoms with Crippen LogP contribution in [0.1, 0.15) is 26.5 Å². The molecule has 0 spiro atoms. The fraction of sp³-hybridized carbons (Fsp3) is 0.0357. The summed E-state index contributed by atoms with van der Waals surface area (Å²) >= 11 is 6.20. The van der Waals surface area contributed by atoms with Crippen LogP contribution < -0.4 is 16.4 Å². The Bertz CT molecular complexity index is 1730. The van der Waals surface area contributed by atoms with E-state index in [-0.39, 0.29) is 39.9 Å². The van der Waals surface area contributed by atoms with E-state index in [1.54, 1.807) is 48.5 Å². The number of nitrogens with one attached hydrogen (secondary N) is 2. The third kappa shape index (κ3) is 5.64. The summed E-state index contributed by atoms with van der Waals surface area (Å²) in [5.74, 6) is -2.42. The number of benzene rings is 2. The van der Waals surface area contributed by atoms with Gasteiger partial charge in [-0.15, -0.1) is 0 Å². The lowest BCUT2D eigenvalue weighted by molar-refractivity contribution is 0.0944. The zero-order valence-corrected chi connectivity index (χ0v) is 21.4. The molecule has 0 bridgehead atoms. The number of pyridine rings is 2. The molecule has 0 radical (unpaired) electrons. The van der Waals surface area contributed by atoms with E-state index in [0.29, 0.717) is 17.2 Å². The number of para-hydroxylation sites is 1. The largest absolute Gasteiger partial charge is 0.384 e. The molecule has 2 aromatic carbocycles. The molecule has 0 aliphatic carbocycles. The minimum atomic E-state index is -0.845. The second-order valence-electron chi connectivity index (χ2n) is 8.50. The summed E-state index contributed by atoms with van der Waals surface area (Å²) in [6.45, 7) is 0.0990. The molecule has 0 saturated carbocycles. The van der Waals surface area contributed by atoms with Crippen LogP contribution in [0.15, 0.2) is 85.1 Å². The van der Waals surface area contributed by atoms with E-state index >= 15 is 0 Å². The molecule has 0 aliphatic rings. The van der Waals surface area contributed by atoms with Crippen molar-refractivity contribution in [3.63, 3.8) is 0 Å². The molecule has 40 heavy (non-hydrogen) atoms. The molecule has 0 fully saturated rings. The number of nitrogen functional groups attached to an aromatic ring is 1. The Labute approximate surface area is 231 Å². The summed E-state index contributed by atoms with van der Waals surface area (Å²) in [6, 6.07) is 19.7. The van der Waals surface area contributed by atoms with Gasteiger partial charge in [0.05, 0.1) is 28.5 Å². The van der Waals surface area contributed by atoms with Crippen molar-refractivity contribution in [2.45, 2.75) is 6.54 Å². The topological polar surface area (TPSA) is 128 Å². The van der Waals surface area contributed by atoms with Gasteiger partial charge in [0.1, 0.15) is 29.0 Å². The molecule has 3 aromatic heterocycles. The quantitative estimate of drug-likeness (QED) is 0.257. The van der Waals surface area contributed by atoms with Gasteiger partial charge < -0.3 is 16.4 Å². The van der Waals surface area contributed by atoms with Gasteiger partial charge in [0, 0.05) is 17.8 Å². The number of hydrogen-bond acceptors (Lipinski definition) is 6. The number of rotatable bonds is 7. The zero-order valence-electron chi connectivity index (χ0n) is 20.6. The molecule has 200 valence electrons. The Balaban J connectivity index is 1.46. The highest BCUT2D eigenvalue weighted by Gasteiger charge is 2.22. The SMILES string of the molecule is Nc1cccc(CNC(=O)c2cc(NC(=O)c3cc(-c4ncccc4F)c(F)cc3Cl)n(-c3ccccc3)n2)n1. The Morgan fingerprint density at radius 3 is 2.48 bits per heavy atom. The molecule has 0 unspecified atom stereocenters. The number of anilines is 2. The van der Waals surface area contributed by atoms with Crippen molar-refractivity contribution in [1.82, 2.24) is 25.1 Å². The minimum Gasteiger partial charge on any atom is -0.384 e. The van der Waals surface area contributed by atoms with Crippen molar-refractivity contribution in [3.8, 4) is 16.9 Å². The summed E-state index contributed by atoms with van der Waals surface area (Å²) in [6.07, 6.45) is 1.31. The molecule has 9 nitrogen and oxygen atoms in total. The molecular formula is C28H20ClF2N7O2. The molecule has 5 rings (SSSR count). The molecule has 4 N–H and O–H groups in total. The number of carbonyl (C=O) groups is 2. The van der Waals surface area contributed by atoms with Crippen LogP contribution >= 0.6 is 11.6 Å². The molecule has 0 saturated heterocycles. The van der Waals surface area contributed by atoms with Crippen molar-refractivity contribution in [3.05, 3.63) is 119 Å². The van der Waals surface area contributed by atoms with Crippen molar-refractivity contribution < 1.29 is 18.4 Å². The van der Waals surface area contributed by atoms with Gasteiger partial charge in [0.25, 0.3) is 11.8 Å². The minimum absolute atomic E-state index is 0.00417. The van der Waals surface area contributed by atoms with Gasteiger partial charge in [-0.1, -0.05) is 35.9 Å². The number of amides is 2. The number of nitrogens with two attached hydrogens (primary N) is 1. The molecular weight excluding hydrogens is 540 g/mol. The Morgan fingerprint density at radius 1 is 0.925 bits per heavy atom. The average Bonchev–Trinajstić information content (AvgIpc) is 3.36. The third-order valence-corrected chi connectivity index (χ3v) is 6.07. The predicted octanol–water partition coefficient (Wildman–Crippen LogP) is 5.03. The molecule has 12 heteroatoms. The van der Waals surface area contributed by atoms with Crippen LogP contribution in [-0.4, -0.2) is 31.6 Å². The molecule has 2 amide bonds. The van der Waals surface area contributed by atoms with Crippen molar-refractivity contribution in [1.29, 1.82) is 0 Å². The lowest BCUT2D eigenvalue weighted by Crippen LogP contribution is -2.24. The standard InChI is InChI=1S/C28H20ClF2N7O2/c29-20-13-22(31)19(26-21(30)9-5-11-33-26)12-18(20)27(39)36-25-14-23(37-38(25)17-7-2-1-3-8-17)28(40)34-15-16-6-4-10-24(32)35-16/h1-14H,15H2,(H2,32,35)(H,34,40)(H,36,39). The number of halogens is 3. The maximum Gasteiger partial charge on any atom is 0.272 e. The Kier molecular flexibility index (Phi) is 7.47. The van der Waals surface area contributed by atoms with E-state index in [1.807, 2.05) is 0 Å². The van der Waals surface area contributed by atoms with Crippen LogP contribution in [0, 0.1) is 11.6 Å². The number of nitrogens with zero attached hydrogens (tertiary/aromatic N) is 4. The molecule has 0 atom stereocenters. The summed E-state index contributed by atoms with van der Waals surface area (Å²) in [5.41, 5.74) is 6.16. The fourth-order valence-electron chi connectivity index (χ4n) is 3.88. The van der Waals surface area contributed by atoms with Crippen LogP contribution in [0.4, 0.5) is 20.4 Å². The lowest BCUT2D eigenvalue weighted by Gasteiger charge is -2.11. The summed E-state index contributed by atoms with van der Waals surface area (Å²) in [5, 5.41) is 9.54. The van der Waals surface area contributed by atoms with Gasteiger partial charge >= 0.3 is 0 Å². The van der Waals surface area contributed by atoms with Gasteiger partial charge in [0.15, 0.2) is 5.69 Å². The highest BCUT2D eigenvalue weighted by atomic mass is 35.5. The summed E-state index contributed by atoms with van der Waals surface area (Å²) < 4.78 is 30.4. The van der Waals surface area contributed by atoms with Gasteiger partial charge in [0.2, 0.25) is 0 Å². The van der Waals surface area contributed by atoms with Crippen LogP contribution in [0.25, 0.3) is 16.9 Å². The second-order valence-corrected chi connectivity index (χ2v) is 8.91. The first kappa shape index (κ1) is 26.4. The predicted molar refractivity (Wildman–Crippen MR) is 146 cm³/mol. The van der Waals surface area contributed by atoms with E-state index in [0.717, 1.165) is 18.2 Å². The number of carbonyl (C=O) groups excluding carboxylic acids is 2. The normalized spacial score (nSPS) is 10.8. The van der Waals surface area contributed by atoms with Gasteiger partial charge in [-0.2, -0.15) is 5.10 Å². The van der Waals surface area contributed by atoms with Gasteiger partial charge in [-0.25, -0.2) is 18.4 Å². The highest BCUT2D eigenvalue weighted by molar-refractivity contribution is 6.34. The van der Waals surface area contributed by atoms with Crippen molar-refractivity contribution in [2.24, 2.45) is 0 Å². The average molecular weight is 560 g/mol. The van der Waals surface area contributed by atoms with E-state index < -0.39 is 23.4 Å². The van der Waals surface area contributed by atoms with Crippen molar-refractivity contribution >= 4 is 35.1 Å². The van der Waals surface area contributed by atoms with Gasteiger partial charge in [-0.3, -0.25) is 14.6 Å². The Morgan fingerprint density at radius 2 is 1.73 bits per heavy atom. The molecule has 3 heterocycles. The third-order valence-electron chi connectivity index (χ3n) is 5.76. The van der Waals surface area contributed by atoms with E-state index in [4.69, 9.17) is 17.3 Å². The number of hydrogen-bond donors (Lipinski definition) is 3. The van der Waals surface area contributed by atoms with Crippen LogP contribution in [-0.2, 0) is 6.54 Å². The van der Waals surface area contributed by atoms with Crippen LogP contribution in [0.3, 0.4) is 0 Å². The van der Waals surface area contributed by atoms with Crippen LogP contribution in [0.5, 0.6) is 0 Å². The first-order chi connectivity index (χ1) is 19.3. The summed E-state index contributed by atoms with van der Waals surface area (Å²) in [7, 11) is 0.